The van der Waals surface area contributed by atoms with Crippen molar-refractivity contribution in [1.29, 1.82) is 0 Å². The largest absolute Gasteiger partial charge is 0.444 e. The molecule has 2 fully saturated rings. The van der Waals surface area contributed by atoms with Crippen LogP contribution < -0.4 is 10.2 Å². The van der Waals surface area contributed by atoms with Crippen molar-refractivity contribution in [2.24, 2.45) is 7.05 Å². The second-order valence-electron chi connectivity index (χ2n) is 8.82. The van der Waals surface area contributed by atoms with Gasteiger partial charge in [0.25, 0.3) is 5.91 Å². The summed E-state index contributed by atoms with van der Waals surface area (Å²) in [5, 5.41) is 18.3. The summed E-state index contributed by atoms with van der Waals surface area (Å²) in [6, 6.07) is 7.73. The Morgan fingerprint density at radius 3 is 2.91 bits per heavy atom. The van der Waals surface area contributed by atoms with Crippen LogP contribution in [0.15, 0.2) is 47.3 Å². The molecular weight excluding hydrogens is 420 g/mol. The quantitative estimate of drug-likeness (QED) is 0.486. The maximum absolute atomic E-state index is 13.1. The van der Waals surface area contributed by atoms with E-state index in [-0.39, 0.29) is 17.7 Å². The number of carbonyl (C=O) groups is 1. The molecule has 6 rings (SSSR count). The van der Waals surface area contributed by atoms with E-state index in [0.717, 1.165) is 47.2 Å². The summed E-state index contributed by atoms with van der Waals surface area (Å²) in [4.78, 5) is 24.0. The maximum atomic E-state index is 13.1. The smallest absolute Gasteiger partial charge is 0.277 e. The number of hydrogen-bond donors (Lipinski definition) is 2. The van der Waals surface area contributed by atoms with E-state index in [1.807, 2.05) is 31.3 Å². The molecule has 168 valence electrons. The number of nitrogens with one attached hydrogen (secondary N) is 1. The number of pyridine rings is 1. The van der Waals surface area contributed by atoms with Gasteiger partial charge in [-0.15, -0.1) is 0 Å². The van der Waals surface area contributed by atoms with Gasteiger partial charge >= 0.3 is 0 Å². The minimum atomic E-state index is -0.378. The van der Waals surface area contributed by atoms with Crippen molar-refractivity contribution in [1.82, 2.24) is 19.7 Å². The number of nitrogens with zero attached hydrogens (tertiary/aromatic N) is 5. The topological polar surface area (TPSA) is 109 Å². The van der Waals surface area contributed by atoms with Gasteiger partial charge in [-0.2, -0.15) is 5.10 Å². The molecule has 4 aromatic rings. The van der Waals surface area contributed by atoms with E-state index in [1.165, 1.54) is 6.26 Å². The minimum Gasteiger partial charge on any atom is -0.444 e. The Bertz CT molecular complexity index is 1360. The van der Waals surface area contributed by atoms with Crippen molar-refractivity contribution in [3.63, 3.8) is 0 Å². The van der Waals surface area contributed by atoms with Gasteiger partial charge in [-0.05, 0) is 43.5 Å². The normalized spacial score (nSPS) is 18.2. The second-order valence-corrected chi connectivity index (χ2v) is 8.82. The Morgan fingerprint density at radius 1 is 1.24 bits per heavy atom. The van der Waals surface area contributed by atoms with E-state index in [2.05, 4.69) is 25.3 Å². The van der Waals surface area contributed by atoms with E-state index in [9.17, 15) is 9.90 Å². The van der Waals surface area contributed by atoms with Crippen molar-refractivity contribution < 1.29 is 14.3 Å². The second kappa shape index (κ2) is 7.70. The van der Waals surface area contributed by atoms with Gasteiger partial charge in [0.05, 0.1) is 29.2 Å². The third-order valence-corrected chi connectivity index (χ3v) is 6.38. The summed E-state index contributed by atoms with van der Waals surface area (Å²) in [6.07, 6.45) is 7.57. The zero-order valence-electron chi connectivity index (χ0n) is 18.2. The summed E-state index contributed by atoms with van der Waals surface area (Å²) in [7, 11) is 1.86. The molecule has 1 aliphatic heterocycles. The predicted octanol–water partition coefficient (Wildman–Crippen LogP) is 3.32. The van der Waals surface area contributed by atoms with Crippen LogP contribution in [0.25, 0.3) is 22.4 Å². The van der Waals surface area contributed by atoms with E-state index >= 15 is 0 Å². The zero-order valence-corrected chi connectivity index (χ0v) is 18.2. The highest BCUT2D eigenvalue weighted by Gasteiger charge is 2.26. The number of aromatic nitrogens is 4. The molecule has 33 heavy (non-hydrogen) atoms. The number of carbonyl (C=O) groups excluding carboxylic acids is 1. The first-order valence-electron chi connectivity index (χ1n) is 11.2. The molecule has 3 aromatic heterocycles. The molecule has 0 spiro atoms. The summed E-state index contributed by atoms with van der Waals surface area (Å²) in [6.45, 7) is 1.24. The number of benzene rings is 1. The van der Waals surface area contributed by atoms with Crippen LogP contribution in [-0.2, 0) is 7.05 Å². The first kappa shape index (κ1) is 19.9. The summed E-state index contributed by atoms with van der Waals surface area (Å²) in [5.41, 5.74) is 4.46. The van der Waals surface area contributed by atoms with Crippen molar-refractivity contribution in [2.45, 2.75) is 31.3 Å². The van der Waals surface area contributed by atoms with Crippen LogP contribution in [0.4, 0.5) is 11.4 Å². The van der Waals surface area contributed by atoms with Gasteiger partial charge in [0.2, 0.25) is 5.89 Å². The Labute approximate surface area is 190 Å². The number of β-amino-alcohol motifs (C(OH)–C–C–N with tert-alkyl or cyclic N) is 1. The van der Waals surface area contributed by atoms with Crippen LogP contribution in [0.2, 0.25) is 0 Å². The molecule has 0 unspecified atom stereocenters. The van der Waals surface area contributed by atoms with Gasteiger partial charge in [0, 0.05) is 48.9 Å². The van der Waals surface area contributed by atoms with Crippen molar-refractivity contribution in [3.05, 3.63) is 54.3 Å². The first-order valence-corrected chi connectivity index (χ1v) is 11.2. The van der Waals surface area contributed by atoms with Crippen LogP contribution >= 0.6 is 0 Å². The van der Waals surface area contributed by atoms with Gasteiger partial charge in [-0.3, -0.25) is 14.5 Å². The van der Waals surface area contributed by atoms with E-state index in [1.54, 1.807) is 17.1 Å². The lowest BCUT2D eigenvalue weighted by atomic mass is 10.1. The van der Waals surface area contributed by atoms with E-state index < -0.39 is 0 Å². The highest BCUT2D eigenvalue weighted by molar-refractivity contribution is 6.06. The first-order chi connectivity index (χ1) is 16.0. The number of hydrogen-bond acceptors (Lipinski definition) is 7. The lowest BCUT2D eigenvalue weighted by Gasteiger charge is -2.22. The summed E-state index contributed by atoms with van der Waals surface area (Å²) < 4.78 is 7.39. The Balaban J connectivity index is 1.30. The number of oxazole rings is 1. The molecule has 1 atom stereocenters. The molecule has 9 nitrogen and oxygen atoms in total. The van der Waals surface area contributed by atoms with Crippen LogP contribution in [0.3, 0.4) is 0 Å². The average Bonchev–Trinajstić information content (AvgIpc) is 3.21. The van der Waals surface area contributed by atoms with Gasteiger partial charge in [0.15, 0.2) is 5.69 Å². The van der Waals surface area contributed by atoms with Gasteiger partial charge in [0.1, 0.15) is 6.26 Å². The third-order valence-electron chi connectivity index (χ3n) is 6.38. The van der Waals surface area contributed by atoms with Crippen LogP contribution in [0.1, 0.15) is 41.4 Å². The van der Waals surface area contributed by atoms with Crippen LogP contribution in [0.5, 0.6) is 0 Å². The molecule has 0 radical (unpaired) electrons. The standard InChI is InChI=1S/C24H24N6O3/c1-29-21-10-19(22(9-16(21)11-26-29)30-7-5-17(31)12-30)27-23(32)20-13-33-24(28-20)15-4-6-25-18(8-15)14-2-3-14/h4,6,8-11,13-14,17,31H,2-3,5,7,12H2,1H3,(H,27,32)/t17-/m0/s1. The van der Waals surface area contributed by atoms with Gasteiger partial charge in [-0.25, -0.2) is 4.98 Å². The fraction of sp³-hybridized carbons (Fsp3) is 0.333. The van der Waals surface area contributed by atoms with E-state index in [0.29, 0.717) is 30.5 Å². The molecule has 4 heterocycles. The van der Waals surface area contributed by atoms with Gasteiger partial charge in [-0.1, -0.05) is 0 Å². The molecule has 1 aromatic carbocycles. The highest BCUT2D eigenvalue weighted by atomic mass is 16.3. The molecule has 2 aliphatic rings. The Morgan fingerprint density at radius 2 is 2.12 bits per heavy atom. The highest BCUT2D eigenvalue weighted by Crippen LogP contribution is 2.40. The molecule has 0 bridgehead atoms. The lowest BCUT2D eigenvalue weighted by Crippen LogP contribution is -2.23. The number of aliphatic hydroxyl groups is 1. The molecular formula is C24H24N6O3. The Kier molecular flexibility index (Phi) is 4.65. The van der Waals surface area contributed by atoms with Crippen molar-refractivity contribution in [2.75, 3.05) is 23.3 Å². The third kappa shape index (κ3) is 3.74. The van der Waals surface area contributed by atoms with Crippen molar-refractivity contribution >= 4 is 28.2 Å². The predicted molar refractivity (Wildman–Crippen MR) is 123 cm³/mol. The fourth-order valence-electron chi connectivity index (χ4n) is 4.39. The number of amides is 1. The SMILES string of the molecule is Cn1ncc2cc(N3CC[C@H](O)C3)c(NC(=O)c3coc(-c4ccnc(C5CC5)c4)n3)cc21. The average molecular weight is 444 g/mol. The zero-order chi connectivity index (χ0) is 22.5. The fourth-order valence-corrected chi connectivity index (χ4v) is 4.39. The number of aliphatic hydroxyl groups excluding tert-OH is 1. The summed E-state index contributed by atoms with van der Waals surface area (Å²) in [5.74, 6) is 0.561. The molecule has 1 saturated heterocycles. The number of anilines is 2. The van der Waals surface area contributed by atoms with E-state index in [4.69, 9.17) is 4.42 Å². The van der Waals surface area contributed by atoms with Crippen molar-refractivity contribution in [3.8, 4) is 11.5 Å². The summed E-state index contributed by atoms with van der Waals surface area (Å²) >= 11 is 0. The number of rotatable bonds is 5. The number of fused-ring (bicyclic) bond motifs is 1. The molecule has 2 N–H and O–H groups in total. The van der Waals surface area contributed by atoms with Crippen LogP contribution in [-0.4, -0.2) is 50.0 Å². The molecule has 1 saturated carbocycles. The molecule has 1 aliphatic carbocycles. The van der Waals surface area contributed by atoms with Gasteiger partial charge < -0.3 is 19.7 Å². The Hall–Kier alpha value is -3.72. The van der Waals surface area contributed by atoms with Crippen LogP contribution in [0, 0.1) is 0 Å². The number of aryl methyl sites for hydroxylation is 1. The molecule has 9 heteroatoms. The maximum Gasteiger partial charge on any atom is 0.277 e. The monoisotopic (exact) mass is 444 g/mol. The lowest BCUT2D eigenvalue weighted by molar-refractivity contribution is 0.102. The molecule has 1 amide bonds. The minimum absolute atomic E-state index is 0.201.